The van der Waals surface area contributed by atoms with E-state index < -0.39 is 109 Å². The van der Waals surface area contributed by atoms with E-state index in [-0.39, 0.29) is 38.0 Å². The van der Waals surface area contributed by atoms with Gasteiger partial charge in [0.15, 0.2) is 12.6 Å². The molecule has 3 rings (SSSR count). The van der Waals surface area contributed by atoms with Crippen molar-refractivity contribution in [3.63, 3.8) is 0 Å². The SMILES string of the molecule is [2H]C([2H])([2H])N1C[C@H](C)C[C@@](C)(O)[C@H](O[C@@H]2O[C@H](C)C[C@H](N(C)C)[C@H]2O)[C@@H](C)[C@H](O[C@H]2C[C@@](C)(OC)[C@@H](O)[C@H](C)O2)[C@@H](C)C(=O)O[C@H](CC)[C@@](C)(O)[C@H](O)[C@H]1C. The summed E-state index contributed by atoms with van der Waals surface area (Å²) < 4.78 is 62.4. The molecule has 14 heteroatoms. The molecule has 0 bridgehead atoms. The van der Waals surface area contributed by atoms with Crippen molar-refractivity contribution in [3.05, 3.63) is 0 Å². The Morgan fingerprint density at radius 3 is 2.17 bits per heavy atom. The van der Waals surface area contributed by atoms with Gasteiger partial charge in [0.2, 0.25) is 0 Å². The fourth-order valence-corrected chi connectivity index (χ4v) is 8.51. The van der Waals surface area contributed by atoms with Crippen molar-refractivity contribution in [2.24, 2.45) is 17.8 Å². The smallest absolute Gasteiger partial charge is 0.311 e. The van der Waals surface area contributed by atoms with Gasteiger partial charge >= 0.3 is 5.97 Å². The molecule has 3 saturated heterocycles. The molecule has 3 aliphatic rings. The molecule has 52 heavy (non-hydrogen) atoms. The number of carbonyl (C=O) groups is 1. The zero-order chi connectivity index (χ0) is 42.2. The van der Waals surface area contributed by atoms with Crippen LogP contribution < -0.4 is 0 Å². The van der Waals surface area contributed by atoms with E-state index in [4.69, 9.17) is 32.5 Å². The maximum absolute atomic E-state index is 14.3. The van der Waals surface area contributed by atoms with Crippen molar-refractivity contribution in [1.29, 1.82) is 0 Å². The molecule has 3 heterocycles. The Morgan fingerprint density at radius 1 is 0.981 bits per heavy atom. The molecule has 0 radical (unpaired) electrons. The van der Waals surface area contributed by atoms with Gasteiger partial charge in [-0.05, 0) is 94.7 Å². The van der Waals surface area contributed by atoms with E-state index in [2.05, 4.69) is 0 Å². The topological polar surface area (TPSA) is 180 Å². The van der Waals surface area contributed by atoms with E-state index in [1.54, 1.807) is 48.5 Å². The van der Waals surface area contributed by atoms with Crippen molar-refractivity contribution in [3.8, 4) is 0 Å². The Kier molecular flexibility index (Phi) is 14.0. The number of carbonyl (C=O) groups excluding carboxylic acids is 1. The molecule has 0 spiro atoms. The summed E-state index contributed by atoms with van der Waals surface area (Å²) >= 11 is 0. The molecule has 0 aromatic heterocycles. The Bertz CT molecular complexity index is 1250. The van der Waals surface area contributed by atoms with Crippen molar-refractivity contribution in [2.75, 3.05) is 34.7 Å². The second-order valence-corrected chi connectivity index (χ2v) is 16.9. The molecular formula is C38H72N2O12. The van der Waals surface area contributed by atoms with Gasteiger partial charge in [-0.1, -0.05) is 20.8 Å². The van der Waals surface area contributed by atoms with E-state index >= 15 is 0 Å². The third-order valence-corrected chi connectivity index (χ3v) is 11.9. The van der Waals surface area contributed by atoms with Gasteiger partial charge in [-0.3, -0.25) is 4.79 Å². The van der Waals surface area contributed by atoms with Crippen LogP contribution in [0.3, 0.4) is 0 Å². The summed E-state index contributed by atoms with van der Waals surface area (Å²) in [7, 11) is 5.16. The summed E-state index contributed by atoms with van der Waals surface area (Å²) in [6.07, 6.45) is -9.99. The molecule has 14 nitrogen and oxygen atoms in total. The quantitative estimate of drug-likeness (QED) is 0.238. The molecule has 0 aromatic carbocycles. The zero-order valence-electron chi connectivity index (χ0n) is 36.7. The van der Waals surface area contributed by atoms with Crippen molar-refractivity contribution in [1.82, 2.24) is 9.80 Å². The molecule has 3 aliphatic heterocycles. The minimum Gasteiger partial charge on any atom is -0.459 e. The van der Waals surface area contributed by atoms with Crippen molar-refractivity contribution >= 4 is 5.97 Å². The van der Waals surface area contributed by atoms with Gasteiger partial charge in [0, 0.05) is 42.2 Å². The average Bonchev–Trinajstić information content (AvgIpc) is 3.08. The summed E-state index contributed by atoms with van der Waals surface area (Å²) in [6.45, 7) is 13.6. The maximum atomic E-state index is 14.3. The first-order chi connectivity index (χ1) is 25.1. The number of likely N-dealkylation sites (N-methyl/N-ethyl adjacent to an activating group) is 2. The largest absolute Gasteiger partial charge is 0.459 e. The van der Waals surface area contributed by atoms with Crippen LogP contribution in [-0.2, 0) is 33.2 Å². The van der Waals surface area contributed by atoms with Gasteiger partial charge in [-0.25, -0.2) is 0 Å². The molecule has 5 N–H and O–H groups in total. The number of cyclic esters (lactones) is 1. The molecule has 0 aromatic rings. The Morgan fingerprint density at radius 2 is 1.62 bits per heavy atom. The van der Waals surface area contributed by atoms with Gasteiger partial charge in [0.1, 0.15) is 30.0 Å². The number of methoxy groups -OCH3 is 1. The number of ether oxygens (including phenoxy) is 6. The van der Waals surface area contributed by atoms with Gasteiger partial charge in [-0.2, -0.15) is 0 Å². The normalized spacial score (nSPS) is 50.7. The second-order valence-electron chi connectivity index (χ2n) is 16.9. The summed E-state index contributed by atoms with van der Waals surface area (Å²) in [6, 6.07) is -1.48. The van der Waals surface area contributed by atoms with Gasteiger partial charge < -0.3 is 63.8 Å². The van der Waals surface area contributed by atoms with E-state index in [1.165, 1.54) is 21.0 Å². The van der Waals surface area contributed by atoms with E-state index in [0.717, 1.165) is 4.90 Å². The number of esters is 1. The number of aliphatic hydroxyl groups is 5. The Hall–Kier alpha value is -1.01. The predicted molar refractivity (Wildman–Crippen MR) is 194 cm³/mol. The molecule has 3 fully saturated rings. The van der Waals surface area contributed by atoms with Crippen LogP contribution in [0.2, 0.25) is 0 Å². The summed E-state index contributed by atoms with van der Waals surface area (Å²) in [5.74, 6) is -3.31. The fraction of sp³-hybridized carbons (Fsp3) is 0.974. The highest BCUT2D eigenvalue weighted by molar-refractivity contribution is 5.73. The lowest BCUT2D eigenvalue weighted by molar-refractivity contribution is -0.318. The average molecular weight is 752 g/mol. The van der Waals surface area contributed by atoms with Crippen LogP contribution in [0.4, 0.5) is 0 Å². The second kappa shape index (κ2) is 17.8. The number of aliphatic hydroxyl groups excluding tert-OH is 3. The third-order valence-electron chi connectivity index (χ3n) is 11.9. The van der Waals surface area contributed by atoms with Gasteiger partial charge in [0.25, 0.3) is 0 Å². The number of hydrogen-bond acceptors (Lipinski definition) is 14. The van der Waals surface area contributed by atoms with Crippen LogP contribution in [0.1, 0.15) is 99.0 Å². The molecule has 0 aliphatic carbocycles. The van der Waals surface area contributed by atoms with E-state index in [1.807, 2.05) is 25.9 Å². The lowest BCUT2D eigenvalue weighted by Gasteiger charge is -2.48. The van der Waals surface area contributed by atoms with Crippen LogP contribution >= 0.6 is 0 Å². The van der Waals surface area contributed by atoms with Crippen LogP contribution in [0.5, 0.6) is 0 Å². The molecular weight excluding hydrogens is 676 g/mol. The summed E-state index contributed by atoms with van der Waals surface area (Å²) in [5.41, 5.74) is -4.92. The standard InChI is InChI=1S/C38H72N2O12/c1-15-27-38(10,46)31(42)24(6)40(13)19-20(2)17-36(8,45)33(52-35-29(41)26(39(11)12)16-21(3)48-35)22(4)30(23(5)34(44)50-27)51-28-18-37(9,47-14)32(43)25(7)49-28/h20-33,35,41-43,45-46H,15-19H2,1-14H3/t20-,21-,22+,23-,24-,25+,26+,27-,28+,29-,30+,31-,32+,33-,35+,36-,37-,38-/m1/s1/i13D3. The van der Waals surface area contributed by atoms with E-state index in [9.17, 15) is 30.3 Å². The Balaban J connectivity index is 2.23. The molecule has 18 atom stereocenters. The highest BCUT2D eigenvalue weighted by Gasteiger charge is 2.52. The van der Waals surface area contributed by atoms with Crippen LogP contribution in [0.15, 0.2) is 0 Å². The predicted octanol–water partition coefficient (Wildman–Crippen LogP) is 1.90. The highest BCUT2D eigenvalue weighted by Crippen LogP contribution is 2.40. The summed E-state index contributed by atoms with van der Waals surface area (Å²) in [5, 5.41) is 58.4. The minimum atomic E-state index is -2.71. The summed E-state index contributed by atoms with van der Waals surface area (Å²) in [4.78, 5) is 17.3. The maximum Gasteiger partial charge on any atom is 0.311 e. The van der Waals surface area contributed by atoms with Crippen LogP contribution in [-0.4, -0.2) is 166 Å². The number of nitrogens with zero attached hydrogens (tertiary/aromatic N) is 2. The molecule has 0 unspecified atom stereocenters. The minimum absolute atomic E-state index is 0.0305. The number of hydrogen-bond donors (Lipinski definition) is 5. The molecule has 0 saturated carbocycles. The van der Waals surface area contributed by atoms with Crippen LogP contribution in [0.25, 0.3) is 0 Å². The monoisotopic (exact) mass is 752 g/mol. The number of rotatable bonds is 7. The Labute approximate surface area is 316 Å². The fourth-order valence-electron chi connectivity index (χ4n) is 8.51. The van der Waals surface area contributed by atoms with Gasteiger partial charge in [-0.15, -0.1) is 0 Å². The van der Waals surface area contributed by atoms with Crippen molar-refractivity contribution in [2.45, 2.75) is 185 Å². The first kappa shape index (κ1) is 40.6. The zero-order valence-corrected chi connectivity index (χ0v) is 33.7. The van der Waals surface area contributed by atoms with Gasteiger partial charge in [0.05, 0.1) is 41.5 Å². The molecule has 306 valence electrons. The third kappa shape index (κ3) is 10.0. The molecule has 0 amide bonds. The lowest BCUT2D eigenvalue weighted by atomic mass is 9.77. The van der Waals surface area contributed by atoms with Crippen LogP contribution in [0, 0.1) is 17.8 Å². The van der Waals surface area contributed by atoms with Crippen molar-refractivity contribution < 1.29 is 62.9 Å². The highest BCUT2D eigenvalue weighted by atomic mass is 16.7. The van der Waals surface area contributed by atoms with E-state index in [0.29, 0.717) is 6.42 Å². The first-order valence-corrected chi connectivity index (χ1v) is 18.9. The first-order valence-electron chi connectivity index (χ1n) is 20.4. The lowest BCUT2D eigenvalue weighted by Crippen LogP contribution is -2.60.